The van der Waals surface area contributed by atoms with Crippen LogP contribution < -0.4 is 10.6 Å². The lowest BCUT2D eigenvalue weighted by molar-refractivity contribution is -0.144. The van der Waals surface area contributed by atoms with Crippen molar-refractivity contribution < 1.29 is 22.7 Å². The number of amides is 1. The summed E-state index contributed by atoms with van der Waals surface area (Å²) in [4.78, 5) is 30.8. The first-order chi connectivity index (χ1) is 16.8. The molecule has 1 saturated heterocycles. The van der Waals surface area contributed by atoms with Crippen LogP contribution in [0.1, 0.15) is 37.0 Å². The number of rotatable bonds is 5. The molecule has 0 radical (unpaired) electrons. The third-order valence-corrected chi connectivity index (χ3v) is 7.78. The number of carbonyl (C=O) groups excluding carboxylic acids is 2. The summed E-state index contributed by atoms with van der Waals surface area (Å²) in [7, 11) is -3.69. The Hall–Kier alpha value is -3.50. The SMILES string of the molecule is C/C=C1/Nc2ccccc2N=C(NC(=O)c2cccc(S(=O)(=O)N3CCCC3)c2)[C@@H]1C(=O)OCC. The number of fused-ring (bicyclic) bond motifs is 1. The van der Waals surface area contributed by atoms with Gasteiger partial charge < -0.3 is 15.4 Å². The van der Waals surface area contributed by atoms with E-state index in [0.717, 1.165) is 12.8 Å². The molecule has 4 rings (SSSR count). The highest BCUT2D eigenvalue weighted by Gasteiger charge is 2.34. The molecule has 2 heterocycles. The van der Waals surface area contributed by atoms with Crippen LogP contribution in [0.4, 0.5) is 11.4 Å². The maximum atomic E-state index is 13.3. The molecule has 0 aliphatic carbocycles. The number of nitrogens with one attached hydrogen (secondary N) is 2. The molecule has 10 heteroatoms. The van der Waals surface area contributed by atoms with E-state index in [-0.39, 0.29) is 22.9 Å². The van der Waals surface area contributed by atoms with Gasteiger partial charge in [0, 0.05) is 24.4 Å². The highest BCUT2D eigenvalue weighted by atomic mass is 32.2. The first-order valence-corrected chi connectivity index (χ1v) is 13.0. The zero-order chi connectivity index (χ0) is 25.0. The fourth-order valence-corrected chi connectivity index (χ4v) is 5.68. The quantitative estimate of drug-likeness (QED) is 0.613. The van der Waals surface area contributed by atoms with E-state index in [2.05, 4.69) is 15.6 Å². The van der Waals surface area contributed by atoms with Gasteiger partial charge in [-0.05, 0) is 57.0 Å². The minimum atomic E-state index is -3.69. The van der Waals surface area contributed by atoms with Crippen molar-refractivity contribution in [2.75, 3.05) is 25.0 Å². The molecule has 0 aromatic heterocycles. The Morgan fingerprint density at radius 1 is 1.17 bits per heavy atom. The minimum absolute atomic E-state index is 0.0537. The minimum Gasteiger partial charge on any atom is -0.465 e. The van der Waals surface area contributed by atoms with Crippen LogP contribution in [0.5, 0.6) is 0 Å². The second-order valence-electron chi connectivity index (χ2n) is 8.16. The normalized spacial score (nSPS) is 19.3. The van der Waals surface area contributed by atoms with Crippen molar-refractivity contribution in [2.45, 2.75) is 31.6 Å². The third-order valence-electron chi connectivity index (χ3n) is 5.88. The summed E-state index contributed by atoms with van der Waals surface area (Å²) in [5.41, 5.74) is 1.87. The molecule has 0 bridgehead atoms. The number of hydrogen-bond acceptors (Lipinski definition) is 7. The molecule has 2 aliphatic heterocycles. The molecule has 2 aliphatic rings. The standard InChI is InChI=1S/C25H28N4O5S/c1-3-19-22(25(31)34-4-2)23(27-21-13-6-5-12-20(21)26-19)28-24(30)17-10-9-11-18(16-17)35(32,33)29-14-7-8-15-29/h3,5-6,9-13,16,22,26H,4,7-8,14-15H2,1-2H3,(H,27,28,30)/b19-3+/t22-/m1/s1. The van der Waals surface area contributed by atoms with E-state index >= 15 is 0 Å². The van der Waals surface area contributed by atoms with Crippen LogP contribution in [0.3, 0.4) is 0 Å². The van der Waals surface area contributed by atoms with Gasteiger partial charge >= 0.3 is 5.97 Å². The lowest BCUT2D eigenvalue weighted by Gasteiger charge is -2.20. The van der Waals surface area contributed by atoms with Gasteiger partial charge in [0.1, 0.15) is 5.84 Å². The van der Waals surface area contributed by atoms with Crippen LogP contribution in [-0.4, -0.2) is 50.1 Å². The molecular weight excluding hydrogens is 468 g/mol. The van der Waals surface area contributed by atoms with Gasteiger partial charge in [0.2, 0.25) is 10.0 Å². The van der Waals surface area contributed by atoms with Crippen molar-refractivity contribution in [2.24, 2.45) is 10.9 Å². The number of allylic oxidation sites excluding steroid dienone is 1. The molecule has 9 nitrogen and oxygen atoms in total. The first-order valence-electron chi connectivity index (χ1n) is 11.5. The Morgan fingerprint density at radius 3 is 2.63 bits per heavy atom. The van der Waals surface area contributed by atoms with Gasteiger partial charge in [-0.1, -0.05) is 24.3 Å². The predicted molar refractivity (Wildman–Crippen MR) is 133 cm³/mol. The van der Waals surface area contributed by atoms with Crippen molar-refractivity contribution in [3.05, 3.63) is 65.9 Å². The lowest BCUT2D eigenvalue weighted by Crippen LogP contribution is -2.41. The molecule has 1 atom stereocenters. The lowest BCUT2D eigenvalue weighted by atomic mass is 10.0. The van der Waals surface area contributed by atoms with Crippen molar-refractivity contribution in [3.63, 3.8) is 0 Å². The molecule has 2 aromatic carbocycles. The summed E-state index contributed by atoms with van der Waals surface area (Å²) in [5, 5.41) is 5.95. The van der Waals surface area contributed by atoms with Crippen LogP contribution in [0.2, 0.25) is 0 Å². The van der Waals surface area contributed by atoms with Gasteiger partial charge in [-0.3, -0.25) is 9.59 Å². The molecule has 1 amide bonds. The fourth-order valence-electron chi connectivity index (χ4n) is 4.11. The third kappa shape index (κ3) is 5.13. The van der Waals surface area contributed by atoms with Crippen LogP contribution in [0, 0.1) is 5.92 Å². The highest BCUT2D eigenvalue weighted by molar-refractivity contribution is 7.89. The maximum absolute atomic E-state index is 13.3. The topological polar surface area (TPSA) is 117 Å². The summed E-state index contributed by atoms with van der Waals surface area (Å²) in [6, 6.07) is 13.1. The van der Waals surface area contributed by atoms with Crippen LogP contribution in [0.15, 0.2) is 70.2 Å². The van der Waals surface area contributed by atoms with Crippen molar-refractivity contribution in [3.8, 4) is 0 Å². The van der Waals surface area contributed by atoms with Crippen LogP contribution in [0.25, 0.3) is 0 Å². The van der Waals surface area contributed by atoms with E-state index in [0.29, 0.717) is 30.2 Å². The summed E-state index contributed by atoms with van der Waals surface area (Å²) < 4.78 is 32.6. The summed E-state index contributed by atoms with van der Waals surface area (Å²) in [5.74, 6) is -2.05. The van der Waals surface area contributed by atoms with Crippen molar-refractivity contribution in [1.82, 2.24) is 9.62 Å². The van der Waals surface area contributed by atoms with Gasteiger partial charge in [0.15, 0.2) is 5.92 Å². The van der Waals surface area contributed by atoms with Gasteiger partial charge in [-0.2, -0.15) is 4.31 Å². The summed E-state index contributed by atoms with van der Waals surface area (Å²) in [6.45, 7) is 4.57. The van der Waals surface area contributed by atoms with Crippen LogP contribution in [-0.2, 0) is 19.6 Å². The van der Waals surface area contributed by atoms with Crippen molar-refractivity contribution in [1.29, 1.82) is 0 Å². The van der Waals surface area contributed by atoms with Gasteiger partial charge in [0.05, 0.1) is 22.9 Å². The van der Waals surface area contributed by atoms with Gasteiger partial charge in [0.25, 0.3) is 5.91 Å². The Labute approximate surface area is 204 Å². The number of benzene rings is 2. The molecular formula is C25H28N4O5S. The molecule has 1 fully saturated rings. The van der Waals surface area contributed by atoms with Crippen LogP contribution >= 0.6 is 0 Å². The Kier molecular flexibility index (Phi) is 7.32. The molecule has 184 valence electrons. The Balaban J connectivity index is 1.69. The molecule has 0 saturated carbocycles. The number of ether oxygens (including phenoxy) is 1. The smallest absolute Gasteiger partial charge is 0.322 e. The summed E-state index contributed by atoms with van der Waals surface area (Å²) >= 11 is 0. The van der Waals surface area contributed by atoms with E-state index in [1.54, 1.807) is 32.1 Å². The average Bonchev–Trinajstić information content (AvgIpc) is 3.35. The number of hydrogen-bond donors (Lipinski definition) is 2. The van der Waals surface area contributed by atoms with E-state index in [9.17, 15) is 18.0 Å². The number of sulfonamides is 1. The maximum Gasteiger partial charge on any atom is 0.322 e. The van der Waals surface area contributed by atoms with E-state index in [4.69, 9.17) is 4.74 Å². The predicted octanol–water partition coefficient (Wildman–Crippen LogP) is 3.44. The van der Waals surface area contributed by atoms with Gasteiger partial charge in [-0.25, -0.2) is 13.4 Å². The second-order valence-corrected chi connectivity index (χ2v) is 10.1. The molecule has 2 N–H and O–H groups in total. The van der Waals surface area contributed by atoms with E-state index in [1.807, 2.05) is 12.1 Å². The highest BCUT2D eigenvalue weighted by Crippen LogP contribution is 2.32. The number of carbonyl (C=O) groups is 2. The first kappa shape index (κ1) is 24.6. The number of esters is 1. The number of nitrogens with zero attached hydrogens (tertiary/aromatic N) is 2. The number of para-hydroxylation sites is 2. The Morgan fingerprint density at radius 2 is 1.91 bits per heavy atom. The van der Waals surface area contributed by atoms with E-state index in [1.165, 1.54) is 28.6 Å². The zero-order valence-corrected chi connectivity index (χ0v) is 20.5. The molecule has 0 spiro atoms. The number of anilines is 1. The fraction of sp³-hybridized carbons (Fsp3) is 0.320. The number of aliphatic imine (C=N–C) groups is 1. The number of amidine groups is 1. The monoisotopic (exact) mass is 496 g/mol. The van der Waals surface area contributed by atoms with Gasteiger partial charge in [-0.15, -0.1) is 0 Å². The molecule has 0 unspecified atom stereocenters. The molecule has 2 aromatic rings. The van der Waals surface area contributed by atoms with Crippen molar-refractivity contribution >= 4 is 39.1 Å². The largest absolute Gasteiger partial charge is 0.465 e. The summed E-state index contributed by atoms with van der Waals surface area (Å²) in [6.07, 6.45) is 3.36. The Bertz CT molecular complexity index is 1300. The van der Waals surface area contributed by atoms with E-state index < -0.39 is 27.8 Å². The second kappa shape index (κ2) is 10.4. The zero-order valence-electron chi connectivity index (χ0n) is 19.7. The average molecular weight is 497 g/mol. The molecule has 35 heavy (non-hydrogen) atoms.